The van der Waals surface area contributed by atoms with E-state index in [2.05, 4.69) is 22.0 Å². The molecule has 1 saturated carbocycles. The fourth-order valence-corrected chi connectivity index (χ4v) is 3.73. The summed E-state index contributed by atoms with van der Waals surface area (Å²) < 4.78 is 14.0. The van der Waals surface area contributed by atoms with Crippen LogP contribution in [0.5, 0.6) is 0 Å². The van der Waals surface area contributed by atoms with Gasteiger partial charge in [-0.25, -0.2) is 4.98 Å². The van der Waals surface area contributed by atoms with Gasteiger partial charge in [-0.3, -0.25) is 9.20 Å². The van der Waals surface area contributed by atoms with Gasteiger partial charge in [0, 0.05) is 19.1 Å². The Morgan fingerprint density at radius 1 is 1.32 bits per heavy atom. The van der Waals surface area contributed by atoms with E-state index in [1.54, 1.807) is 28.5 Å². The topological polar surface area (TPSA) is 87.5 Å². The molecule has 0 atom stereocenters. The molecule has 3 heterocycles. The Labute approximate surface area is 164 Å². The monoisotopic (exact) mass is 399 g/mol. The number of ether oxygens (including phenoxy) is 1. The predicted molar refractivity (Wildman–Crippen MR) is 104 cm³/mol. The minimum absolute atomic E-state index is 0.0559. The van der Waals surface area contributed by atoms with Gasteiger partial charge in [-0.2, -0.15) is 4.98 Å². The smallest absolute Gasteiger partial charge is 0.277 e. The van der Waals surface area contributed by atoms with Gasteiger partial charge in [-0.05, 0) is 25.0 Å². The number of rotatable bonds is 5. The van der Waals surface area contributed by atoms with Crippen molar-refractivity contribution in [1.29, 1.82) is 0 Å². The lowest BCUT2D eigenvalue weighted by atomic mass is 10.1. The Kier molecular flexibility index (Phi) is 3.82. The molecule has 0 aliphatic heterocycles. The van der Waals surface area contributed by atoms with Crippen LogP contribution >= 0.6 is 11.6 Å². The first-order valence-corrected chi connectivity index (χ1v) is 9.43. The third-order valence-electron chi connectivity index (χ3n) is 5.38. The first kappa shape index (κ1) is 17.4. The Bertz CT molecular complexity index is 1270. The van der Waals surface area contributed by atoms with Crippen molar-refractivity contribution in [2.45, 2.75) is 31.7 Å². The fraction of sp³-hybridized carbons (Fsp3) is 0.368. The maximum absolute atomic E-state index is 13.4. The van der Waals surface area contributed by atoms with E-state index in [1.165, 1.54) is 0 Å². The third kappa shape index (κ3) is 2.48. The van der Waals surface area contributed by atoms with E-state index < -0.39 is 0 Å². The first-order chi connectivity index (χ1) is 13.5. The lowest BCUT2D eigenvalue weighted by Crippen LogP contribution is -2.25. The fourth-order valence-electron chi connectivity index (χ4n) is 3.46. The van der Waals surface area contributed by atoms with Gasteiger partial charge in [0.25, 0.3) is 5.56 Å². The number of methoxy groups -OCH3 is 1. The molecular formula is C19H18ClN5O3. The molecule has 5 rings (SSSR count). The van der Waals surface area contributed by atoms with E-state index in [4.69, 9.17) is 20.9 Å². The van der Waals surface area contributed by atoms with E-state index in [-0.39, 0.29) is 11.0 Å². The number of hydrogen-bond donors (Lipinski definition) is 0. The van der Waals surface area contributed by atoms with E-state index in [9.17, 15) is 4.79 Å². The predicted octanol–water partition coefficient (Wildman–Crippen LogP) is 3.05. The molecule has 8 nitrogen and oxygen atoms in total. The largest absolute Gasteiger partial charge is 0.383 e. The number of fused-ring (bicyclic) bond motifs is 3. The van der Waals surface area contributed by atoms with E-state index in [0.717, 1.165) is 18.4 Å². The SMILES string of the molecule is COCCn1c(=O)c2c(-c3noc(C4(C)CC4)n3)ncn2c2cccc(Cl)c21. The van der Waals surface area contributed by atoms with Crippen molar-refractivity contribution in [1.82, 2.24) is 24.1 Å². The van der Waals surface area contributed by atoms with Crippen molar-refractivity contribution in [3.63, 3.8) is 0 Å². The van der Waals surface area contributed by atoms with Crippen molar-refractivity contribution in [2.75, 3.05) is 13.7 Å². The number of aromatic nitrogens is 5. The summed E-state index contributed by atoms with van der Waals surface area (Å²) >= 11 is 6.42. The molecule has 144 valence electrons. The Balaban J connectivity index is 1.79. The average molecular weight is 400 g/mol. The van der Waals surface area contributed by atoms with Crippen LogP contribution in [0.15, 0.2) is 33.8 Å². The molecule has 0 N–H and O–H groups in total. The maximum Gasteiger partial charge on any atom is 0.277 e. The lowest BCUT2D eigenvalue weighted by Gasteiger charge is -2.13. The summed E-state index contributed by atoms with van der Waals surface area (Å²) in [6.07, 6.45) is 3.64. The van der Waals surface area contributed by atoms with Crippen molar-refractivity contribution >= 4 is 28.2 Å². The van der Waals surface area contributed by atoms with Crippen LogP contribution in [0.25, 0.3) is 28.1 Å². The number of para-hydroxylation sites is 1. The second-order valence-corrected chi connectivity index (χ2v) is 7.76. The first-order valence-electron chi connectivity index (χ1n) is 9.05. The van der Waals surface area contributed by atoms with E-state index in [0.29, 0.717) is 46.6 Å². The van der Waals surface area contributed by atoms with Crippen LogP contribution in [0, 0.1) is 0 Å². The van der Waals surface area contributed by atoms with Crippen molar-refractivity contribution in [3.05, 3.63) is 45.8 Å². The van der Waals surface area contributed by atoms with Gasteiger partial charge >= 0.3 is 0 Å². The summed E-state index contributed by atoms with van der Waals surface area (Å²) in [7, 11) is 1.59. The van der Waals surface area contributed by atoms with E-state index >= 15 is 0 Å². The molecule has 9 heteroatoms. The second kappa shape index (κ2) is 6.15. The Hall–Kier alpha value is -2.71. The molecular weight excluding hydrogens is 382 g/mol. The van der Waals surface area contributed by atoms with Gasteiger partial charge in [0.15, 0.2) is 0 Å². The molecule has 1 aliphatic carbocycles. The normalized spacial score (nSPS) is 15.5. The van der Waals surface area contributed by atoms with Gasteiger partial charge in [0.1, 0.15) is 17.5 Å². The molecule has 0 saturated heterocycles. The van der Waals surface area contributed by atoms with Crippen LogP contribution in [0.3, 0.4) is 0 Å². The van der Waals surface area contributed by atoms with Crippen LogP contribution in [-0.2, 0) is 16.7 Å². The molecule has 0 amide bonds. The maximum atomic E-state index is 13.4. The zero-order valence-corrected chi connectivity index (χ0v) is 16.2. The number of halogens is 1. The van der Waals surface area contributed by atoms with Crippen molar-refractivity contribution < 1.29 is 9.26 Å². The van der Waals surface area contributed by atoms with Gasteiger partial charge < -0.3 is 13.8 Å². The van der Waals surface area contributed by atoms with Crippen LogP contribution < -0.4 is 5.56 Å². The molecule has 1 fully saturated rings. The summed E-state index contributed by atoms with van der Waals surface area (Å²) in [5.74, 6) is 0.912. The van der Waals surface area contributed by atoms with Crippen LogP contribution in [0.2, 0.25) is 5.02 Å². The average Bonchev–Trinajstić information content (AvgIpc) is 3.11. The quantitative estimate of drug-likeness (QED) is 0.512. The summed E-state index contributed by atoms with van der Waals surface area (Å²) in [5.41, 5.74) is 1.92. The zero-order valence-electron chi connectivity index (χ0n) is 15.5. The standard InChI is InChI=1S/C19H18ClN5O3/c1-19(6-7-19)18-22-16(23-28-18)13-15-17(26)24(8-9-27-2)14-11(20)4-3-5-12(14)25(15)10-21-13/h3-5,10H,6-9H2,1-2H3. The highest BCUT2D eigenvalue weighted by atomic mass is 35.5. The summed E-state index contributed by atoms with van der Waals surface area (Å²) in [6.45, 7) is 2.83. The highest BCUT2D eigenvalue weighted by Crippen LogP contribution is 2.47. The lowest BCUT2D eigenvalue weighted by molar-refractivity contribution is 0.187. The number of imidazole rings is 1. The van der Waals surface area contributed by atoms with Crippen molar-refractivity contribution in [3.8, 4) is 11.5 Å². The third-order valence-corrected chi connectivity index (χ3v) is 5.69. The van der Waals surface area contributed by atoms with Crippen molar-refractivity contribution in [2.24, 2.45) is 0 Å². The molecule has 1 aliphatic rings. The zero-order chi connectivity index (χ0) is 19.5. The highest BCUT2D eigenvalue weighted by molar-refractivity contribution is 6.35. The molecule has 4 aromatic rings. The molecule has 3 aromatic heterocycles. The minimum atomic E-state index is -0.228. The van der Waals surface area contributed by atoms with Gasteiger partial charge in [-0.15, -0.1) is 0 Å². The number of hydrogen-bond acceptors (Lipinski definition) is 6. The van der Waals surface area contributed by atoms with Crippen LogP contribution in [0.4, 0.5) is 0 Å². The number of benzene rings is 1. The molecule has 0 bridgehead atoms. The summed E-state index contributed by atoms with van der Waals surface area (Å²) in [4.78, 5) is 22.3. The van der Waals surface area contributed by atoms with Crippen LogP contribution in [-0.4, -0.2) is 37.8 Å². The summed E-state index contributed by atoms with van der Waals surface area (Å²) in [5, 5.41) is 4.58. The number of nitrogens with zero attached hydrogens (tertiary/aromatic N) is 5. The van der Waals surface area contributed by atoms with Gasteiger partial charge in [0.05, 0.1) is 22.7 Å². The molecule has 1 aromatic carbocycles. The Morgan fingerprint density at radius 2 is 2.14 bits per heavy atom. The molecule has 0 unspecified atom stereocenters. The van der Waals surface area contributed by atoms with Gasteiger partial charge in [-0.1, -0.05) is 29.7 Å². The minimum Gasteiger partial charge on any atom is -0.383 e. The highest BCUT2D eigenvalue weighted by Gasteiger charge is 2.44. The summed E-state index contributed by atoms with van der Waals surface area (Å²) in [6, 6.07) is 5.50. The molecule has 28 heavy (non-hydrogen) atoms. The molecule has 0 spiro atoms. The van der Waals surface area contributed by atoms with Gasteiger partial charge in [0.2, 0.25) is 11.7 Å². The van der Waals surface area contributed by atoms with Crippen LogP contribution in [0.1, 0.15) is 25.7 Å². The Morgan fingerprint density at radius 3 is 2.89 bits per heavy atom. The second-order valence-electron chi connectivity index (χ2n) is 7.35. The van der Waals surface area contributed by atoms with E-state index in [1.807, 2.05) is 12.1 Å². The molecule has 0 radical (unpaired) electrons.